The monoisotopic (exact) mass is 250 g/mol. The number of benzene rings is 1. The molecular formula is C13H18N2O3. The van der Waals surface area contributed by atoms with Gasteiger partial charge < -0.3 is 10.5 Å². The fraction of sp³-hybridized carbons (Fsp3) is 0.538. The Balaban J connectivity index is 2.15. The number of anilines is 1. The van der Waals surface area contributed by atoms with Gasteiger partial charge in [0.1, 0.15) is 11.9 Å². The lowest BCUT2D eigenvalue weighted by Gasteiger charge is -2.29. The van der Waals surface area contributed by atoms with Crippen molar-refractivity contribution >= 4 is 11.4 Å². The second-order valence-electron chi connectivity index (χ2n) is 4.94. The Hall–Kier alpha value is -1.78. The van der Waals surface area contributed by atoms with E-state index in [1.807, 2.05) is 0 Å². The molecule has 5 nitrogen and oxygen atoms in total. The van der Waals surface area contributed by atoms with Gasteiger partial charge in [0, 0.05) is 17.8 Å². The topological polar surface area (TPSA) is 78.4 Å². The second kappa shape index (κ2) is 5.25. The van der Waals surface area contributed by atoms with Crippen LogP contribution in [-0.2, 0) is 0 Å². The lowest BCUT2D eigenvalue weighted by molar-refractivity contribution is -0.384. The third-order valence-corrected chi connectivity index (χ3v) is 3.44. The van der Waals surface area contributed by atoms with Gasteiger partial charge in [-0.25, -0.2) is 0 Å². The van der Waals surface area contributed by atoms with Crippen molar-refractivity contribution < 1.29 is 9.66 Å². The van der Waals surface area contributed by atoms with Crippen molar-refractivity contribution in [2.75, 3.05) is 5.73 Å². The molecule has 5 heteroatoms. The zero-order chi connectivity index (χ0) is 13.1. The van der Waals surface area contributed by atoms with Gasteiger partial charge in [-0.3, -0.25) is 10.1 Å². The van der Waals surface area contributed by atoms with E-state index in [4.69, 9.17) is 10.5 Å². The van der Waals surface area contributed by atoms with E-state index in [9.17, 15) is 10.1 Å². The molecule has 0 aromatic heterocycles. The minimum Gasteiger partial charge on any atom is -0.490 e. The standard InChI is InChI=1S/C13H18N2O3/c1-9-4-2-3-5-13(9)18-12-7-10(14)6-11(8-12)15(16)17/h6-9,13H,2-5,14H2,1H3. The Morgan fingerprint density at radius 2 is 2.06 bits per heavy atom. The van der Waals surface area contributed by atoms with Gasteiger partial charge in [0.05, 0.1) is 11.0 Å². The van der Waals surface area contributed by atoms with Crippen LogP contribution < -0.4 is 10.5 Å². The van der Waals surface area contributed by atoms with E-state index in [2.05, 4.69) is 6.92 Å². The summed E-state index contributed by atoms with van der Waals surface area (Å²) < 4.78 is 5.85. The van der Waals surface area contributed by atoms with Gasteiger partial charge in [-0.15, -0.1) is 0 Å². The maximum Gasteiger partial charge on any atom is 0.275 e. The number of nitro groups is 1. The van der Waals surface area contributed by atoms with Crippen LogP contribution in [0.25, 0.3) is 0 Å². The third kappa shape index (κ3) is 2.91. The molecule has 1 aromatic carbocycles. The number of hydrogen-bond donors (Lipinski definition) is 1. The minimum absolute atomic E-state index is 0.0199. The maximum absolute atomic E-state index is 10.8. The minimum atomic E-state index is -0.451. The van der Waals surface area contributed by atoms with E-state index in [1.165, 1.54) is 18.6 Å². The van der Waals surface area contributed by atoms with Crippen LogP contribution in [0.3, 0.4) is 0 Å². The fourth-order valence-electron chi connectivity index (χ4n) is 2.41. The average Bonchev–Trinajstić information content (AvgIpc) is 2.31. The molecule has 0 saturated heterocycles. The molecule has 1 aliphatic carbocycles. The van der Waals surface area contributed by atoms with Crippen LogP contribution in [0, 0.1) is 16.0 Å². The van der Waals surface area contributed by atoms with E-state index >= 15 is 0 Å². The van der Waals surface area contributed by atoms with Crippen molar-refractivity contribution in [3.63, 3.8) is 0 Å². The predicted molar refractivity (Wildman–Crippen MR) is 69.6 cm³/mol. The lowest BCUT2D eigenvalue weighted by Crippen LogP contribution is -2.28. The van der Waals surface area contributed by atoms with Crippen LogP contribution in [0.4, 0.5) is 11.4 Å². The molecule has 1 aromatic rings. The second-order valence-corrected chi connectivity index (χ2v) is 4.94. The van der Waals surface area contributed by atoms with Crippen LogP contribution in [0.2, 0.25) is 0 Å². The maximum atomic E-state index is 10.8. The third-order valence-electron chi connectivity index (χ3n) is 3.44. The number of rotatable bonds is 3. The molecule has 1 saturated carbocycles. The van der Waals surface area contributed by atoms with Crippen LogP contribution in [0.15, 0.2) is 18.2 Å². The number of nitrogens with zero attached hydrogens (tertiary/aromatic N) is 1. The van der Waals surface area contributed by atoms with E-state index in [-0.39, 0.29) is 11.8 Å². The van der Waals surface area contributed by atoms with Crippen molar-refractivity contribution in [1.29, 1.82) is 0 Å². The molecule has 1 fully saturated rings. The van der Waals surface area contributed by atoms with Gasteiger partial charge in [-0.1, -0.05) is 13.3 Å². The first kappa shape index (κ1) is 12.7. The molecule has 0 heterocycles. The molecular weight excluding hydrogens is 232 g/mol. The molecule has 1 aliphatic rings. The zero-order valence-electron chi connectivity index (χ0n) is 10.5. The van der Waals surface area contributed by atoms with Crippen LogP contribution in [0.5, 0.6) is 5.75 Å². The molecule has 0 spiro atoms. The van der Waals surface area contributed by atoms with Gasteiger partial charge in [0.2, 0.25) is 0 Å². The van der Waals surface area contributed by atoms with Gasteiger partial charge in [-0.05, 0) is 25.2 Å². The number of ether oxygens (including phenoxy) is 1. The summed E-state index contributed by atoms with van der Waals surface area (Å²) in [7, 11) is 0. The van der Waals surface area contributed by atoms with Crippen molar-refractivity contribution in [1.82, 2.24) is 0 Å². The first-order valence-electron chi connectivity index (χ1n) is 6.28. The summed E-state index contributed by atoms with van der Waals surface area (Å²) in [5.74, 6) is 0.986. The summed E-state index contributed by atoms with van der Waals surface area (Å²) in [4.78, 5) is 10.3. The molecule has 2 unspecified atom stereocenters. The van der Waals surface area contributed by atoms with E-state index in [0.717, 1.165) is 19.3 Å². The van der Waals surface area contributed by atoms with Gasteiger partial charge in [0.25, 0.3) is 5.69 Å². The Kier molecular flexibility index (Phi) is 3.69. The predicted octanol–water partition coefficient (Wildman–Crippen LogP) is 3.13. The van der Waals surface area contributed by atoms with Crippen molar-refractivity contribution in [2.24, 2.45) is 5.92 Å². The number of nitrogens with two attached hydrogens (primary N) is 1. The smallest absolute Gasteiger partial charge is 0.275 e. The summed E-state index contributed by atoms with van der Waals surface area (Å²) in [6.45, 7) is 2.16. The van der Waals surface area contributed by atoms with Crippen LogP contribution in [0.1, 0.15) is 32.6 Å². The van der Waals surface area contributed by atoms with Crippen LogP contribution >= 0.6 is 0 Å². The number of hydrogen-bond acceptors (Lipinski definition) is 4. The molecule has 18 heavy (non-hydrogen) atoms. The van der Waals surface area contributed by atoms with Crippen molar-refractivity contribution in [2.45, 2.75) is 38.7 Å². The lowest BCUT2D eigenvalue weighted by atomic mass is 9.88. The summed E-state index contributed by atoms with van der Waals surface area (Å²) in [6, 6.07) is 4.43. The van der Waals surface area contributed by atoms with Crippen molar-refractivity contribution in [3.05, 3.63) is 28.3 Å². The first-order chi connectivity index (χ1) is 8.56. The Morgan fingerprint density at radius 3 is 2.72 bits per heavy atom. The quantitative estimate of drug-likeness (QED) is 0.508. The van der Waals surface area contributed by atoms with Crippen molar-refractivity contribution in [3.8, 4) is 5.75 Å². The Morgan fingerprint density at radius 1 is 1.33 bits per heavy atom. The average molecular weight is 250 g/mol. The largest absolute Gasteiger partial charge is 0.490 e. The molecule has 2 N–H and O–H groups in total. The summed E-state index contributed by atoms with van der Waals surface area (Å²) in [6.07, 6.45) is 4.68. The zero-order valence-corrected chi connectivity index (χ0v) is 10.5. The molecule has 0 bridgehead atoms. The molecule has 98 valence electrons. The highest BCUT2D eigenvalue weighted by Crippen LogP contribution is 2.30. The van der Waals surface area contributed by atoms with E-state index < -0.39 is 4.92 Å². The first-order valence-corrected chi connectivity index (χ1v) is 6.28. The molecule has 2 atom stereocenters. The van der Waals surface area contributed by atoms with Gasteiger partial charge in [-0.2, -0.15) is 0 Å². The molecule has 0 amide bonds. The Labute approximate surface area is 106 Å². The number of non-ortho nitro benzene ring substituents is 1. The summed E-state index contributed by atoms with van der Waals surface area (Å²) in [5, 5.41) is 10.8. The normalized spacial score (nSPS) is 23.6. The highest BCUT2D eigenvalue weighted by atomic mass is 16.6. The summed E-state index contributed by atoms with van der Waals surface area (Å²) >= 11 is 0. The molecule has 0 aliphatic heterocycles. The number of nitrogen functional groups attached to an aromatic ring is 1. The highest BCUT2D eigenvalue weighted by Gasteiger charge is 2.23. The van der Waals surface area contributed by atoms with Gasteiger partial charge in [0.15, 0.2) is 0 Å². The highest BCUT2D eigenvalue weighted by molar-refractivity contribution is 5.53. The fourth-order valence-corrected chi connectivity index (χ4v) is 2.41. The Bertz CT molecular complexity index is 448. The molecule has 0 radical (unpaired) electrons. The SMILES string of the molecule is CC1CCCCC1Oc1cc(N)cc([N+](=O)[O-])c1. The number of nitro benzene ring substituents is 1. The van der Waals surface area contributed by atoms with E-state index in [1.54, 1.807) is 6.07 Å². The summed E-state index contributed by atoms with van der Waals surface area (Å²) in [5.41, 5.74) is 6.00. The van der Waals surface area contributed by atoms with Crippen LogP contribution in [-0.4, -0.2) is 11.0 Å². The van der Waals surface area contributed by atoms with Gasteiger partial charge >= 0.3 is 0 Å². The van der Waals surface area contributed by atoms with E-state index in [0.29, 0.717) is 17.4 Å². The molecule has 2 rings (SSSR count).